The minimum atomic E-state index is -0.583. The highest BCUT2D eigenvalue weighted by atomic mass is 19.1. The molecule has 1 saturated heterocycles. The van der Waals surface area contributed by atoms with E-state index in [1.807, 2.05) is 24.3 Å². The second kappa shape index (κ2) is 14.0. The first-order valence-electron chi connectivity index (χ1n) is 15.7. The van der Waals surface area contributed by atoms with Crippen LogP contribution in [0, 0.1) is 5.82 Å². The van der Waals surface area contributed by atoms with E-state index in [-0.39, 0.29) is 35.0 Å². The summed E-state index contributed by atoms with van der Waals surface area (Å²) in [5.74, 6) is -0.356. The van der Waals surface area contributed by atoms with Gasteiger partial charge in [-0.3, -0.25) is 9.69 Å². The SMILES string of the molecule is CC(C)(C)N1CCN(CCCc2ccc(-c3cccc(Oc4ncc(F)cc4C(=O)NC4CCC(N)CC4)c3)cc2)CC1. The zero-order chi connectivity index (χ0) is 30.4. The number of nitrogens with two attached hydrogens (primary N) is 1. The topological polar surface area (TPSA) is 83.7 Å². The molecule has 3 aromatic rings. The van der Waals surface area contributed by atoms with E-state index in [9.17, 15) is 9.18 Å². The van der Waals surface area contributed by atoms with Crippen LogP contribution in [0.3, 0.4) is 0 Å². The van der Waals surface area contributed by atoms with Crippen LogP contribution >= 0.6 is 0 Å². The molecular formula is C35H46FN5O2. The predicted molar refractivity (Wildman–Crippen MR) is 170 cm³/mol. The van der Waals surface area contributed by atoms with Crippen molar-refractivity contribution in [2.75, 3.05) is 32.7 Å². The van der Waals surface area contributed by atoms with Crippen LogP contribution in [-0.2, 0) is 6.42 Å². The van der Waals surface area contributed by atoms with E-state index < -0.39 is 5.82 Å². The number of benzene rings is 2. The molecule has 5 rings (SSSR count). The maximum atomic E-state index is 14.1. The van der Waals surface area contributed by atoms with Crippen LogP contribution in [0.4, 0.5) is 4.39 Å². The van der Waals surface area contributed by atoms with E-state index >= 15 is 0 Å². The van der Waals surface area contributed by atoms with Crippen LogP contribution in [0.5, 0.6) is 11.6 Å². The highest BCUT2D eigenvalue weighted by Gasteiger charge is 2.26. The van der Waals surface area contributed by atoms with Crippen molar-refractivity contribution in [2.45, 2.75) is 76.9 Å². The third kappa shape index (κ3) is 8.62. The molecule has 7 nitrogen and oxygen atoms in total. The third-order valence-corrected chi connectivity index (χ3v) is 8.77. The van der Waals surface area contributed by atoms with Gasteiger partial charge in [0.25, 0.3) is 5.91 Å². The van der Waals surface area contributed by atoms with Gasteiger partial charge in [-0.2, -0.15) is 0 Å². The first-order chi connectivity index (χ1) is 20.6. The second-order valence-corrected chi connectivity index (χ2v) is 13.0. The van der Waals surface area contributed by atoms with Gasteiger partial charge in [0, 0.05) is 43.8 Å². The van der Waals surface area contributed by atoms with Gasteiger partial charge in [0.2, 0.25) is 5.88 Å². The zero-order valence-corrected chi connectivity index (χ0v) is 25.8. The first kappa shape index (κ1) is 31.1. The number of hydrogen-bond donors (Lipinski definition) is 2. The molecule has 1 aliphatic carbocycles. The summed E-state index contributed by atoms with van der Waals surface area (Å²) < 4.78 is 20.1. The lowest BCUT2D eigenvalue weighted by Gasteiger charge is -2.42. The number of amides is 1. The third-order valence-electron chi connectivity index (χ3n) is 8.77. The fourth-order valence-corrected chi connectivity index (χ4v) is 6.06. The van der Waals surface area contributed by atoms with Gasteiger partial charge in [0.05, 0.1) is 6.20 Å². The number of carbonyl (C=O) groups excluding carboxylic acids is 1. The first-order valence-corrected chi connectivity index (χ1v) is 15.7. The molecule has 2 aromatic carbocycles. The zero-order valence-electron chi connectivity index (χ0n) is 25.8. The summed E-state index contributed by atoms with van der Waals surface area (Å²) in [5, 5.41) is 3.01. The Bertz CT molecular complexity index is 1360. The number of pyridine rings is 1. The minimum absolute atomic E-state index is 0.0128. The van der Waals surface area contributed by atoms with E-state index in [0.29, 0.717) is 5.75 Å². The molecule has 2 fully saturated rings. The van der Waals surface area contributed by atoms with Gasteiger partial charge < -0.3 is 20.7 Å². The Hall–Kier alpha value is -3.33. The number of piperazine rings is 1. The number of rotatable bonds is 9. The molecule has 0 atom stereocenters. The molecule has 0 radical (unpaired) electrons. The Morgan fingerprint density at radius 2 is 1.72 bits per heavy atom. The number of nitrogens with one attached hydrogen (secondary N) is 1. The van der Waals surface area contributed by atoms with Crippen molar-refractivity contribution in [3.63, 3.8) is 0 Å². The Labute approximate surface area is 255 Å². The summed E-state index contributed by atoms with van der Waals surface area (Å²) in [6.45, 7) is 12.6. The average molecular weight is 588 g/mol. The van der Waals surface area contributed by atoms with Crippen LogP contribution in [0.15, 0.2) is 60.8 Å². The smallest absolute Gasteiger partial charge is 0.257 e. The standard InChI is InChI=1S/C35H46FN5O2/c1-35(2,3)41-20-18-40(19-21-41)17-5-6-25-9-11-26(12-10-25)27-7-4-8-31(22-27)43-34-32(23-28(36)24-38-34)33(42)39-30-15-13-29(37)14-16-30/h4,7-12,22-24,29-30H,5-6,13-21,37H2,1-3H3,(H,39,42). The fourth-order valence-electron chi connectivity index (χ4n) is 6.06. The van der Waals surface area contributed by atoms with Crippen molar-refractivity contribution in [2.24, 2.45) is 5.73 Å². The molecule has 2 heterocycles. The number of ether oxygens (including phenoxy) is 1. The molecule has 0 bridgehead atoms. The number of aromatic nitrogens is 1. The number of nitrogens with zero attached hydrogens (tertiary/aromatic N) is 3. The van der Waals surface area contributed by atoms with Crippen LogP contribution in [-0.4, -0.2) is 71.0 Å². The van der Waals surface area contributed by atoms with Crippen LogP contribution in [0.1, 0.15) is 68.8 Å². The van der Waals surface area contributed by atoms with Crippen LogP contribution < -0.4 is 15.8 Å². The normalized spacial score (nSPS) is 20.1. The number of carbonyl (C=O) groups is 1. The Morgan fingerprint density at radius 3 is 2.42 bits per heavy atom. The quantitative estimate of drug-likeness (QED) is 0.318. The second-order valence-electron chi connectivity index (χ2n) is 13.0. The molecular weight excluding hydrogens is 541 g/mol. The summed E-state index contributed by atoms with van der Waals surface area (Å²) in [6, 6.07) is 17.7. The van der Waals surface area contributed by atoms with Gasteiger partial charge in [0.1, 0.15) is 17.1 Å². The molecule has 1 amide bonds. The van der Waals surface area contributed by atoms with Crippen molar-refractivity contribution in [3.8, 4) is 22.8 Å². The summed E-state index contributed by atoms with van der Waals surface area (Å²) >= 11 is 0. The maximum Gasteiger partial charge on any atom is 0.257 e. The number of hydrogen-bond acceptors (Lipinski definition) is 6. The number of aryl methyl sites for hydroxylation is 1. The van der Waals surface area contributed by atoms with Gasteiger partial charge in [-0.15, -0.1) is 0 Å². The van der Waals surface area contributed by atoms with Crippen LogP contribution in [0.2, 0.25) is 0 Å². The lowest BCUT2D eigenvalue weighted by Crippen LogP contribution is -2.53. The lowest BCUT2D eigenvalue weighted by atomic mass is 9.91. The van der Waals surface area contributed by atoms with Crippen molar-refractivity contribution in [1.29, 1.82) is 0 Å². The monoisotopic (exact) mass is 587 g/mol. The molecule has 230 valence electrons. The molecule has 43 heavy (non-hydrogen) atoms. The van der Waals surface area contributed by atoms with Crippen molar-refractivity contribution in [3.05, 3.63) is 77.7 Å². The lowest BCUT2D eigenvalue weighted by molar-refractivity contribution is 0.0619. The van der Waals surface area contributed by atoms with Gasteiger partial charge in [-0.05, 0) is 101 Å². The van der Waals surface area contributed by atoms with Crippen molar-refractivity contribution in [1.82, 2.24) is 20.1 Å². The van der Waals surface area contributed by atoms with Crippen molar-refractivity contribution < 1.29 is 13.9 Å². The minimum Gasteiger partial charge on any atom is -0.438 e. The van der Waals surface area contributed by atoms with E-state index in [0.717, 1.165) is 88.6 Å². The largest absolute Gasteiger partial charge is 0.438 e. The molecule has 1 aromatic heterocycles. The number of halogens is 1. The van der Waals surface area contributed by atoms with E-state index in [4.69, 9.17) is 10.5 Å². The predicted octanol–water partition coefficient (Wildman–Crippen LogP) is 6.03. The Morgan fingerprint density at radius 1 is 1.00 bits per heavy atom. The fraction of sp³-hybridized carbons (Fsp3) is 0.486. The average Bonchev–Trinajstić information content (AvgIpc) is 2.99. The van der Waals surface area contributed by atoms with Crippen LogP contribution in [0.25, 0.3) is 11.1 Å². The molecule has 8 heteroatoms. The molecule has 1 aliphatic heterocycles. The van der Waals surface area contributed by atoms with E-state index in [1.54, 1.807) is 0 Å². The summed E-state index contributed by atoms with van der Waals surface area (Å²) in [5.41, 5.74) is 9.73. The van der Waals surface area contributed by atoms with Gasteiger partial charge in [-0.1, -0.05) is 36.4 Å². The van der Waals surface area contributed by atoms with Gasteiger partial charge >= 0.3 is 0 Å². The summed E-state index contributed by atoms with van der Waals surface area (Å²) in [7, 11) is 0. The molecule has 0 spiro atoms. The Kier molecular flexibility index (Phi) is 10.1. The molecule has 3 N–H and O–H groups in total. The van der Waals surface area contributed by atoms with Gasteiger partial charge in [0.15, 0.2) is 0 Å². The van der Waals surface area contributed by atoms with E-state index in [1.165, 1.54) is 11.6 Å². The Balaban J connectivity index is 1.17. The summed E-state index contributed by atoms with van der Waals surface area (Å²) in [6.07, 6.45) is 6.60. The van der Waals surface area contributed by atoms with Crippen molar-refractivity contribution >= 4 is 5.91 Å². The van der Waals surface area contributed by atoms with E-state index in [2.05, 4.69) is 65.1 Å². The summed E-state index contributed by atoms with van der Waals surface area (Å²) in [4.78, 5) is 22.3. The molecule has 2 aliphatic rings. The molecule has 0 unspecified atom stereocenters. The molecule has 1 saturated carbocycles. The highest BCUT2D eigenvalue weighted by molar-refractivity contribution is 5.96. The highest BCUT2D eigenvalue weighted by Crippen LogP contribution is 2.29. The maximum absolute atomic E-state index is 14.1. The van der Waals surface area contributed by atoms with Gasteiger partial charge in [-0.25, -0.2) is 9.37 Å².